The Morgan fingerprint density at radius 3 is 2.67 bits per heavy atom. The van der Waals surface area contributed by atoms with E-state index in [0.717, 1.165) is 5.56 Å². The van der Waals surface area contributed by atoms with E-state index in [0.29, 0.717) is 29.0 Å². The van der Waals surface area contributed by atoms with E-state index in [-0.39, 0.29) is 17.9 Å². The molecule has 0 fully saturated rings. The van der Waals surface area contributed by atoms with Gasteiger partial charge in [-0.2, -0.15) is 0 Å². The van der Waals surface area contributed by atoms with Gasteiger partial charge in [0, 0.05) is 24.5 Å². The van der Waals surface area contributed by atoms with Crippen LogP contribution < -0.4 is 10.9 Å². The molecule has 5 nitrogen and oxygen atoms in total. The number of halogens is 1. The van der Waals surface area contributed by atoms with Crippen molar-refractivity contribution in [3.05, 3.63) is 75.8 Å². The number of rotatable bonds is 5. The highest BCUT2D eigenvalue weighted by Crippen LogP contribution is 2.09. The smallest absolute Gasteiger partial charge is 0.261 e. The SMILES string of the molecule is O=C(CCn1cnc2ccccc2c1=O)NCc1ccc(Cl)cc1. The molecule has 0 bridgehead atoms. The zero-order chi connectivity index (χ0) is 16.9. The lowest BCUT2D eigenvalue weighted by Crippen LogP contribution is -2.27. The number of nitrogens with one attached hydrogen (secondary N) is 1. The van der Waals surface area contributed by atoms with Gasteiger partial charge in [0.05, 0.1) is 17.2 Å². The molecular weight excluding hydrogens is 326 g/mol. The summed E-state index contributed by atoms with van der Waals surface area (Å²) in [5.74, 6) is -0.120. The second kappa shape index (κ2) is 7.27. The number of hydrogen-bond acceptors (Lipinski definition) is 3. The largest absolute Gasteiger partial charge is 0.352 e. The molecule has 122 valence electrons. The lowest BCUT2D eigenvalue weighted by atomic mass is 10.2. The molecule has 0 unspecified atom stereocenters. The zero-order valence-corrected chi connectivity index (χ0v) is 13.7. The maximum atomic E-state index is 12.3. The molecule has 0 spiro atoms. The first-order valence-electron chi connectivity index (χ1n) is 7.59. The van der Waals surface area contributed by atoms with Crippen LogP contribution in [-0.2, 0) is 17.9 Å². The Morgan fingerprint density at radius 2 is 1.88 bits per heavy atom. The van der Waals surface area contributed by atoms with Gasteiger partial charge in [0.25, 0.3) is 5.56 Å². The van der Waals surface area contributed by atoms with Gasteiger partial charge in [-0.15, -0.1) is 0 Å². The van der Waals surface area contributed by atoms with Crippen LogP contribution in [0.5, 0.6) is 0 Å². The normalized spacial score (nSPS) is 10.7. The van der Waals surface area contributed by atoms with Crippen LogP contribution in [0.15, 0.2) is 59.7 Å². The second-order valence-corrected chi connectivity index (χ2v) is 5.85. The molecule has 1 amide bonds. The zero-order valence-electron chi connectivity index (χ0n) is 12.9. The number of benzene rings is 2. The van der Waals surface area contributed by atoms with Crippen molar-refractivity contribution in [2.45, 2.75) is 19.5 Å². The van der Waals surface area contributed by atoms with Crippen molar-refractivity contribution in [1.82, 2.24) is 14.9 Å². The molecule has 6 heteroatoms. The molecule has 0 aliphatic rings. The maximum Gasteiger partial charge on any atom is 0.261 e. The van der Waals surface area contributed by atoms with Gasteiger partial charge in [-0.05, 0) is 29.8 Å². The highest BCUT2D eigenvalue weighted by molar-refractivity contribution is 6.30. The maximum absolute atomic E-state index is 12.3. The summed E-state index contributed by atoms with van der Waals surface area (Å²) >= 11 is 5.82. The number of aryl methyl sites for hydroxylation is 1. The fraction of sp³-hybridized carbons (Fsp3) is 0.167. The summed E-state index contributed by atoms with van der Waals surface area (Å²) in [6.45, 7) is 0.726. The molecule has 0 aliphatic carbocycles. The molecule has 0 aliphatic heterocycles. The lowest BCUT2D eigenvalue weighted by Gasteiger charge is -2.08. The average Bonchev–Trinajstić information content (AvgIpc) is 2.61. The summed E-state index contributed by atoms with van der Waals surface area (Å²) in [5.41, 5.74) is 1.49. The summed E-state index contributed by atoms with van der Waals surface area (Å²) < 4.78 is 1.46. The van der Waals surface area contributed by atoms with Crippen LogP contribution in [0.1, 0.15) is 12.0 Å². The van der Waals surface area contributed by atoms with Crippen molar-refractivity contribution in [2.75, 3.05) is 0 Å². The number of carbonyl (C=O) groups is 1. The van der Waals surface area contributed by atoms with Crippen molar-refractivity contribution in [1.29, 1.82) is 0 Å². The molecule has 3 aromatic rings. The Morgan fingerprint density at radius 1 is 1.12 bits per heavy atom. The summed E-state index contributed by atoms with van der Waals surface area (Å²) in [4.78, 5) is 28.5. The number of para-hydroxylation sites is 1. The van der Waals surface area contributed by atoms with E-state index >= 15 is 0 Å². The third-order valence-electron chi connectivity index (χ3n) is 3.71. The van der Waals surface area contributed by atoms with Crippen molar-refractivity contribution in [3.8, 4) is 0 Å². The molecule has 0 saturated heterocycles. The number of fused-ring (bicyclic) bond motifs is 1. The molecule has 1 aromatic heterocycles. The fourth-order valence-corrected chi connectivity index (χ4v) is 2.50. The number of nitrogens with zero attached hydrogens (tertiary/aromatic N) is 2. The first-order valence-corrected chi connectivity index (χ1v) is 7.96. The quantitative estimate of drug-likeness (QED) is 0.776. The highest BCUT2D eigenvalue weighted by atomic mass is 35.5. The van der Waals surface area contributed by atoms with Gasteiger partial charge in [-0.3, -0.25) is 14.2 Å². The molecule has 2 aromatic carbocycles. The van der Waals surface area contributed by atoms with Crippen LogP contribution in [0.2, 0.25) is 5.02 Å². The topological polar surface area (TPSA) is 64.0 Å². The highest BCUT2D eigenvalue weighted by Gasteiger charge is 2.06. The van der Waals surface area contributed by atoms with Crippen LogP contribution in [0.25, 0.3) is 10.9 Å². The van der Waals surface area contributed by atoms with Crippen molar-refractivity contribution < 1.29 is 4.79 Å². The van der Waals surface area contributed by atoms with Gasteiger partial charge in [0.2, 0.25) is 5.91 Å². The minimum absolute atomic E-state index is 0.120. The van der Waals surface area contributed by atoms with Gasteiger partial charge in [-0.25, -0.2) is 4.98 Å². The lowest BCUT2D eigenvalue weighted by molar-refractivity contribution is -0.121. The van der Waals surface area contributed by atoms with E-state index in [1.54, 1.807) is 30.3 Å². The first kappa shape index (κ1) is 16.2. The van der Waals surface area contributed by atoms with E-state index in [4.69, 9.17) is 11.6 Å². The Kier molecular flexibility index (Phi) is 4.91. The monoisotopic (exact) mass is 341 g/mol. The van der Waals surface area contributed by atoms with Crippen LogP contribution in [0.3, 0.4) is 0 Å². The van der Waals surface area contributed by atoms with Crippen molar-refractivity contribution in [2.24, 2.45) is 0 Å². The van der Waals surface area contributed by atoms with E-state index < -0.39 is 0 Å². The third kappa shape index (κ3) is 3.81. The number of hydrogen-bond donors (Lipinski definition) is 1. The Hall–Kier alpha value is -2.66. The minimum Gasteiger partial charge on any atom is -0.352 e. The molecule has 1 N–H and O–H groups in total. The summed E-state index contributed by atoms with van der Waals surface area (Å²) in [5, 5.41) is 4.04. The second-order valence-electron chi connectivity index (χ2n) is 5.41. The average molecular weight is 342 g/mol. The van der Waals surface area contributed by atoms with Crippen LogP contribution in [0.4, 0.5) is 0 Å². The van der Waals surface area contributed by atoms with Gasteiger partial charge in [0.1, 0.15) is 0 Å². The van der Waals surface area contributed by atoms with Crippen LogP contribution in [-0.4, -0.2) is 15.5 Å². The summed E-state index contributed by atoms with van der Waals surface area (Å²) in [6, 6.07) is 14.5. The predicted octanol–water partition coefficient (Wildman–Crippen LogP) is 2.76. The molecule has 24 heavy (non-hydrogen) atoms. The van der Waals surface area contributed by atoms with Gasteiger partial charge >= 0.3 is 0 Å². The summed E-state index contributed by atoms with van der Waals surface area (Å²) in [7, 11) is 0. The molecule has 0 saturated carbocycles. The van der Waals surface area contributed by atoms with E-state index in [1.165, 1.54) is 10.9 Å². The van der Waals surface area contributed by atoms with Crippen LogP contribution >= 0.6 is 11.6 Å². The summed E-state index contributed by atoms with van der Waals surface area (Å²) in [6.07, 6.45) is 1.70. The number of amides is 1. The number of carbonyl (C=O) groups excluding carboxylic acids is 1. The van der Waals surface area contributed by atoms with E-state index in [2.05, 4.69) is 10.3 Å². The van der Waals surface area contributed by atoms with E-state index in [1.807, 2.05) is 18.2 Å². The Bertz CT molecular complexity index is 919. The van der Waals surface area contributed by atoms with Crippen molar-refractivity contribution >= 4 is 28.4 Å². The van der Waals surface area contributed by atoms with Crippen LogP contribution in [0, 0.1) is 0 Å². The fourth-order valence-electron chi connectivity index (χ4n) is 2.38. The molecule has 3 rings (SSSR count). The number of aromatic nitrogens is 2. The molecule has 1 heterocycles. The Labute approximate surface area is 143 Å². The van der Waals surface area contributed by atoms with Crippen molar-refractivity contribution in [3.63, 3.8) is 0 Å². The molecular formula is C18H16ClN3O2. The third-order valence-corrected chi connectivity index (χ3v) is 3.97. The predicted molar refractivity (Wildman–Crippen MR) is 93.9 cm³/mol. The van der Waals surface area contributed by atoms with Gasteiger partial charge < -0.3 is 5.32 Å². The van der Waals surface area contributed by atoms with E-state index in [9.17, 15) is 9.59 Å². The van der Waals surface area contributed by atoms with Gasteiger partial charge in [-0.1, -0.05) is 35.9 Å². The molecule has 0 radical (unpaired) electrons. The first-order chi connectivity index (χ1) is 11.6. The molecule has 0 atom stereocenters. The van der Waals surface area contributed by atoms with Gasteiger partial charge in [0.15, 0.2) is 0 Å². The standard InChI is InChI=1S/C18H16ClN3O2/c19-14-7-5-13(6-8-14)11-20-17(23)9-10-22-12-21-16-4-2-1-3-15(16)18(22)24/h1-8,12H,9-11H2,(H,20,23). The minimum atomic E-state index is -0.133. The Balaban J connectivity index is 1.59.